The lowest BCUT2D eigenvalue weighted by Gasteiger charge is -2.24. The van der Waals surface area contributed by atoms with Gasteiger partial charge in [0, 0.05) is 12.5 Å². The normalized spacial score (nSPS) is 18.8. The molecule has 0 aromatic carbocycles. The van der Waals surface area contributed by atoms with Gasteiger partial charge in [-0.1, -0.05) is 0 Å². The third-order valence-electron chi connectivity index (χ3n) is 2.26. The van der Waals surface area contributed by atoms with Gasteiger partial charge in [-0.2, -0.15) is 0 Å². The van der Waals surface area contributed by atoms with Gasteiger partial charge in [-0.25, -0.2) is 4.79 Å². The smallest absolute Gasteiger partial charge is 0.331 e. The first kappa shape index (κ1) is 14.0. The summed E-state index contributed by atoms with van der Waals surface area (Å²) in [4.78, 5) is 11.3. The van der Waals surface area contributed by atoms with Crippen LogP contribution in [0.4, 0.5) is 0 Å². The molecule has 1 rings (SSSR count). The molecule has 17 heavy (non-hydrogen) atoms. The fraction of sp³-hybridized carbons (Fsp3) is 0.615. The summed E-state index contributed by atoms with van der Waals surface area (Å²) in [5.41, 5.74) is 1.02. The number of hydrogen-bond donors (Lipinski definition) is 0. The lowest BCUT2D eigenvalue weighted by molar-refractivity contribution is -0.137. The van der Waals surface area contributed by atoms with Crippen LogP contribution in [-0.4, -0.2) is 20.9 Å². The number of allylic oxidation sites excluding steroid dienone is 3. The fourth-order valence-electron chi connectivity index (χ4n) is 1.74. The molecule has 0 aliphatic heterocycles. The summed E-state index contributed by atoms with van der Waals surface area (Å²) < 4.78 is 10.9. The van der Waals surface area contributed by atoms with Crippen molar-refractivity contribution < 1.29 is 14.0 Å². The van der Waals surface area contributed by atoms with E-state index >= 15 is 0 Å². The molecule has 0 unspecified atom stereocenters. The van der Waals surface area contributed by atoms with Crippen molar-refractivity contribution in [2.45, 2.75) is 45.8 Å². The SMILES string of the molecule is CCOC(=O)/C=C1/C=C(O[Si](C)(C)C)CCC1. The highest BCUT2D eigenvalue weighted by atomic mass is 28.4. The second kappa shape index (κ2) is 6.05. The molecule has 0 saturated heterocycles. The van der Waals surface area contributed by atoms with E-state index in [1.165, 1.54) is 0 Å². The average molecular weight is 254 g/mol. The molecule has 0 spiro atoms. The molecule has 1 aliphatic rings. The van der Waals surface area contributed by atoms with Gasteiger partial charge in [0.1, 0.15) is 0 Å². The predicted molar refractivity (Wildman–Crippen MR) is 71.1 cm³/mol. The summed E-state index contributed by atoms with van der Waals surface area (Å²) in [6, 6.07) is 0. The summed E-state index contributed by atoms with van der Waals surface area (Å²) in [6.07, 6.45) is 6.53. The van der Waals surface area contributed by atoms with Gasteiger partial charge in [-0.05, 0) is 51.1 Å². The highest BCUT2D eigenvalue weighted by Crippen LogP contribution is 2.25. The first-order valence-corrected chi connectivity index (χ1v) is 9.58. The zero-order chi connectivity index (χ0) is 12.9. The Hall–Kier alpha value is -1.03. The van der Waals surface area contributed by atoms with Crippen molar-refractivity contribution in [3.05, 3.63) is 23.5 Å². The Balaban J connectivity index is 2.69. The van der Waals surface area contributed by atoms with E-state index in [-0.39, 0.29) is 5.97 Å². The Morgan fingerprint density at radius 2 is 2.12 bits per heavy atom. The van der Waals surface area contributed by atoms with E-state index in [0.29, 0.717) is 6.61 Å². The maximum atomic E-state index is 11.3. The van der Waals surface area contributed by atoms with Gasteiger partial charge in [0.2, 0.25) is 8.32 Å². The molecule has 4 heteroatoms. The van der Waals surface area contributed by atoms with Gasteiger partial charge in [-0.15, -0.1) is 0 Å². The van der Waals surface area contributed by atoms with Crippen molar-refractivity contribution in [3.63, 3.8) is 0 Å². The molecule has 0 aromatic rings. The quantitative estimate of drug-likeness (QED) is 0.438. The molecule has 0 N–H and O–H groups in total. The molecule has 0 fully saturated rings. The molecule has 0 radical (unpaired) electrons. The van der Waals surface area contributed by atoms with Crippen LogP contribution in [-0.2, 0) is 14.0 Å². The van der Waals surface area contributed by atoms with E-state index < -0.39 is 8.32 Å². The first-order chi connectivity index (χ1) is 7.90. The van der Waals surface area contributed by atoms with Crippen molar-refractivity contribution in [2.24, 2.45) is 0 Å². The van der Waals surface area contributed by atoms with Gasteiger partial charge in [0.05, 0.1) is 12.4 Å². The zero-order valence-electron chi connectivity index (χ0n) is 11.2. The number of hydrogen-bond acceptors (Lipinski definition) is 3. The Labute approximate surface area is 105 Å². The van der Waals surface area contributed by atoms with Gasteiger partial charge in [0.25, 0.3) is 0 Å². The Morgan fingerprint density at radius 1 is 1.41 bits per heavy atom. The van der Waals surface area contributed by atoms with Crippen molar-refractivity contribution in [3.8, 4) is 0 Å². The molecular weight excluding hydrogens is 232 g/mol. The maximum Gasteiger partial charge on any atom is 0.331 e. The zero-order valence-corrected chi connectivity index (χ0v) is 12.2. The highest BCUT2D eigenvalue weighted by molar-refractivity contribution is 6.70. The molecule has 1 aliphatic carbocycles. The topological polar surface area (TPSA) is 35.5 Å². The van der Waals surface area contributed by atoms with E-state index in [2.05, 4.69) is 19.6 Å². The minimum absolute atomic E-state index is 0.256. The van der Waals surface area contributed by atoms with Crippen LogP contribution >= 0.6 is 0 Å². The number of esters is 1. The summed E-state index contributed by atoms with van der Waals surface area (Å²) in [5, 5.41) is 0. The van der Waals surface area contributed by atoms with Crippen LogP contribution in [0.1, 0.15) is 26.2 Å². The minimum atomic E-state index is -1.54. The van der Waals surface area contributed by atoms with E-state index in [1.54, 1.807) is 6.08 Å². The third-order valence-corrected chi connectivity index (χ3v) is 3.14. The van der Waals surface area contributed by atoms with Crippen LogP contribution in [0.2, 0.25) is 19.6 Å². The number of rotatable bonds is 4. The largest absolute Gasteiger partial charge is 0.547 e. The average Bonchev–Trinajstić information content (AvgIpc) is 2.15. The van der Waals surface area contributed by atoms with Crippen molar-refractivity contribution in [1.29, 1.82) is 0 Å². The first-order valence-electron chi connectivity index (χ1n) is 6.17. The van der Waals surface area contributed by atoms with Crippen LogP contribution in [0.15, 0.2) is 23.5 Å². The predicted octanol–water partition coefficient (Wildman–Crippen LogP) is 3.40. The maximum absolute atomic E-state index is 11.3. The number of ether oxygens (including phenoxy) is 1. The van der Waals surface area contributed by atoms with Crippen LogP contribution in [0.25, 0.3) is 0 Å². The van der Waals surface area contributed by atoms with Gasteiger partial charge >= 0.3 is 5.97 Å². The molecule has 0 saturated carbocycles. The van der Waals surface area contributed by atoms with Crippen molar-refractivity contribution in [2.75, 3.05) is 6.61 Å². The van der Waals surface area contributed by atoms with Gasteiger partial charge < -0.3 is 9.16 Å². The second-order valence-electron chi connectivity index (χ2n) is 5.15. The molecule has 0 amide bonds. The molecule has 0 atom stereocenters. The van der Waals surface area contributed by atoms with Crippen LogP contribution < -0.4 is 0 Å². The van der Waals surface area contributed by atoms with Gasteiger partial charge in [0.15, 0.2) is 0 Å². The molecule has 0 heterocycles. The molecule has 96 valence electrons. The number of carbonyl (C=O) groups is 1. The van der Waals surface area contributed by atoms with Crippen LogP contribution in [0, 0.1) is 0 Å². The second-order valence-corrected chi connectivity index (χ2v) is 9.58. The minimum Gasteiger partial charge on any atom is -0.547 e. The van der Waals surface area contributed by atoms with E-state index in [4.69, 9.17) is 9.16 Å². The monoisotopic (exact) mass is 254 g/mol. The van der Waals surface area contributed by atoms with E-state index in [1.807, 2.05) is 13.0 Å². The molecule has 0 aromatic heterocycles. The third kappa shape index (κ3) is 5.72. The highest BCUT2D eigenvalue weighted by Gasteiger charge is 2.19. The van der Waals surface area contributed by atoms with Gasteiger partial charge in [-0.3, -0.25) is 0 Å². The van der Waals surface area contributed by atoms with Crippen molar-refractivity contribution >= 4 is 14.3 Å². The number of carbonyl (C=O) groups excluding carboxylic acids is 1. The lowest BCUT2D eigenvalue weighted by Crippen LogP contribution is -2.25. The Kier molecular flexibility index (Phi) is 4.99. The summed E-state index contributed by atoms with van der Waals surface area (Å²) >= 11 is 0. The Morgan fingerprint density at radius 3 is 2.71 bits per heavy atom. The van der Waals surface area contributed by atoms with E-state index in [0.717, 1.165) is 30.6 Å². The van der Waals surface area contributed by atoms with E-state index in [9.17, 15) is 4.79 Å². The lowest BCUT2D eigenvalue weighted by atomic mass is 10.0. The fourth-order valence-corrected chi connectivity index (χ4v) is 2.69. The summed E-state index contributed by atoms with van der Waals surface area (Å²) in [6.45, 7) is 8.73. The molecule has 3 nitrogen and oxygen atoms in total. The summed E-state index contributed by atoms with van der Waals surface area (Å²) in [7, 11) is -1.54. The Bertz CT molecular complexity index is 337. The summed E-state index contributed by atoms with van der Waals surface area (Å²) in [5.74, 6) is 0.763. The van der Waals surface area contributed by atoms with Crippen LogP contribution in [0.3, 0.4) is 0 Å². The molecule has 0 bridgehead atoms. The standard InChI is InChI=1S/C13H22O3Si/c1-5-15-13(14)10-11-7-6-8-12(9-11)16-17(2,3)4/h9-10H,5-8H2,1-4H3/b11-10+. The van der Waals surface area contributed by atoms with Crippen molar-refractivity contribution in [1.82, 2.24) is 0 Å². The van der Waals surface area contributed by atoms with Crippen LogP contribution in [0.5, 0.6) is 0 Å². The molecular formula is C13H22O3Si.